The van der Waals surface area contributed by atoms with Gasteiger partial charge in [0.25, 0.3) is 0 Å². The lowest BCUT2D eigenvalue weighted by Crippen LogP contribution is -2.38. The number of aliphatic carboxylic acids is 1. The fourth-order valence-corrected chi connectivity index (χ4v) is 1.68. The Morgan fingerprint density at radius 1 is 1.40 bits per heavy atom. The molecule has 1 heterocycles. The van der Waals surface area contributed by atoms with Crippen LogP contribution in [-0.4, -0.2) is 39.7 Å². The second kappa shape index (κ2) is 8.95. The topological polar surface area (TPSA) is 96.3 Å². The van der Waals surface area contributed by atoms with Crippen LogP contribution in [0.2, 0.25) is 0 Å². The van der Waals surface area contributed by atoms with Crippen LogP contribution in [-0.2, 0) is 11.3 Å². The van der Waals surface area contributed by atoms with Gasteiger partial charge in [-0.25, -0.2) is 9.78 Å². The Labute approximate surface area is 118 Å². The summed E-state index contributed by atoms with van der Waals surface area (Å²) < 4.78 is 1.95. The number of carboxylic acid groups (broad SMARTS) is 1. The summed E-state index contributed by atoms with van der Waals surface area (Å²) in [6.07, 6.45) is 6.87. The largest absolute Gasteiger partial charge is 0.481 e. The van der Waals surface area contributed by atoms with Crippen molar-refractivity contribution in [3.63, 3.8) is 0 Å². The van der Waals surface area contributed by atoms with Gasteiger partial charge in [0.15, 0.2) is 0 Å². The number of imidazole rings is 1. The van der Waals surface area contributed by atoms with E-state index < -0.39 is 5.97 Å². The molecule has 0 fully saturated rings. The first-order valence-corrected chi connectivity index (χ1v) is 6.77. The van der Waals surface area contributed by atoms with Gasteiger partial charge in [-0.2, -0.15) is 0 Å². The van der Waals surface area contributed by atoms with Crippen molar-refractivity contribution in [3.8, 4) is 0 Å². The first-order chi connectivity index (χ1) is 9.58. The average molecular weight is 282 g/mol. The van der Waals surface area contributed by atoms with E-state index in [4.69, 9.17) is 5.11 Å². The average Bonchev–Trinajstić information content (AvgIpc) is 2.92. The number of aromatic nitrogens is 2. The molecule has 0 aliphatic heterocycles. The molecule has 0 aromatic carbocycles. The minimum absolute atomic E-state index is 0.134. The van der Waals surface area contributed by atoms with Gasteiger partial charge in [-0.3, -0.25) is 4.79 Å². The second-order valence-electron chi connectivity index (χ2n) is 4.83. The first-order valence-electron chi connectivity index (χ1n) is 6.77. The molecule has 0 bridgehead atoms. The van der Waals surface area contributed by atoms with E-state index in [1.165, 1.54) is 0 Å². The molecule has 7 heteroatoms. The van der Waals surface area contributed by atoms with Crippen molar-refractivity contribution in [3.05, 3.63) is 18.7 Å². The van der Waals surface area contributed by atoms with Gasteiger partial charge >= 0.3 is 12.0 Å². The standard InChI is InChI=1S/C13H22N4O3/c1-11(3-4-12(18)19)9-16-13(20)15-5-2-7-17-8-6-14-10-17/h6,8,10-11H,2-5,7,9H2,1H3,(H,18,19)(H2,15,16,20). The highest BCUT2D eigenvalue weighted by atomic mass is 16.4. The molecule has 1 rings (SSSR count). The second-order valence-corrected chi connectivity index (χ2v) is 4.83. The monoisotopic (exact) mass is 282 g/mol. The number of hydrogen-bond acceptors (Lipinski definition) is 3. The van der Waals surface area contributed by atoms with Gasteiger partial charge in [0.1, 0.15) is 0 Å². The van der Waals surface area contributed by atoms with Gasteiger partial charge < -0.3 is 20.3 Å². The quantitative estimate of drug-likeness (QED) is 0.590. The third-order valence-electron chi connectivity index (χ3n) is 2.90. The molecular formula is C13H22N4O3. The van der Waals surface area contributed by atoms with Crippen LogP contribution in [0.4, 0.5) is 4.79 Å². The van der Waals surface area contributed by atoms with E-state index in [9.17, 15) is 9.59 Å². The number of rotatable bonds is 9. The summed E-state index contributed by atoms with van der Waals surface area (Å²) in [5.74, 6) is -0.649. The van der Waals surface area contributed by atoms with E-state index >= 15 is 0 Å². The third-order valence-corrected chi connectivity index (χ3v) is 2.90. The fraction of sp³-hybridized carbons (Fsp3) is 0.615. The molecule has 0 saturated heterocycles. The maximum atomic E-state index is 11.5. The van der Waals surface area contributed by atoms with Gasteiger partial charge in [0, 0.05) is 38.4 Å². The number of carbonyl (C=O) groups excluding carboxylic acids is 1. The highest BCUT2D eigenvalue weighted by Crippen LogP contribution is 2.03. The van der Waals surface area contributed by atoms with Crippen LogP contribution in [0.5, 0.6) is 0 Å². The van der Waals surface area contributed by atoms with E-state index in [1.807, 2.05) is 17.7 Å². The van der Waals surface area contributed by atoms with Crippen LogP contribution in [0.25, 0.3) is 0 Å². The van der Waals surface area contributed by atoms with Gasteiger partial charge in [-0.05, 0) is 18.8 Å². The lowest BCUT2D eigenvalue weighted by Gasteiger charge is -2.12. The van der Waals surface area contributed by atoms with Crippen molar-refractivity contribution < 1.29 is 14.7 Å². The zero-order valence-corrected chi connectivity index (χ0v) is 11.7. The molecule has 20 heavy (non-hydrogen) atoms. The van der Waals surface area contributed by atoms with Crippen LogP contribution in [0.1, 0.15) is 26.2 Å². The number of nitrogens with zero attached hydrogens (tertiary/aromatic N) is 2. The Hall–Kier alpha value is -2.05. The molecule has 3 N–H and O–H groups in total. The molecule has 1 aromatic rings. The zero-order chi connectivity index (χ0) is 14.8. The van der Waals surface area contributed by atoms with E-state index in [0.717, 1.165) is 13.0 Å². The molecule has 0 aliphatic carbocycles. The lowest BCUT2D eigenvalue weighted by molar-refractivity contribution is -0.137. The van der Waals surface area contributed by atoms with Crippen LogP contribution in [0.3, 0.4) is 0 Å². The number of carbonyl (C=O) groups is 2. The number of nitrogens with one attached hydrogen (secondary N) is 2. The molecule has 0 aliphatic rings. The summed E-state index contributed by atoms with van der Waals surface area (Å²) in [6, 6.07) is -0.210. The molecule has 0 spiro atoms. The number of hydrogen-bond donors (Lipinski definition) is 3. The Morgan fingerprint density at radius 2 is 2.20 bits per heavy atom. The molecule has 7 nitrogen and oxygen atoms in total. The molecule has 2 amide bonds. The van der Waals surface area contributed by atoms with Crippen molar-refractivity contribution in [1.29, 1.82) is 0 Å². The van der Waals surface area contributed by atoms with Crippen LogP contribution in [0.15, 0.2) is 18.7 Å². The van der Waals surface area contributed by atoms with Crippen molar-refractivity contribution in [2.75, 3.05) is 13.1 Å². The van der Waals surface area contributed by atoms with Crippen molar-refractivity contribution in [1.82, 2.24) is 20.2 Å². The van der Waals surface area contributed by atoms with Crippen LogP contribution in [0, 0.1) is 5.92 Å². The van der Waals surface area contributed by atoms with Crippen LogP contribution < -0.4 is 10.6 Å². The Morgan fingerprint density at radius 3 is 2.85 bits per heavy atom. The highest BCUT2D eigenvalue weighted by Gasteiger charge is 2.07. The van der Waals surface area contributed by atoms with Gasteiger partial charge in [-0.1, -0.05) is 6.92 Å². The van der Waals surface area contributed by atoms with E-state index in [-0.39, 0.29) is 18.4 Å². The first kappa shape index (κ1) is 16.0. The summed E-state index contributed by atoms with van der Waals surface area (Å²) in [5.41, 5.74) is 0. The van der Waals surface area contributed by atoms with E-state index in [2.05, 4.69) is 15.6 Å². The minimum Gasteiger partial charge on any atom is -0.481 e. The number of aryl methyl sites for hydroxylation is 1. The SMILES string of the molecule is CC(CCC(=O)O)CNC(=O)NCCCn1ccnc1. The molecule has 0 radical (unpaired) electrons. The summed E-state index contributed by atoms with van der Waals surface area (Å²) in [5, 5.41) is 14.1. The maximum absolute atomic E-state index is 11.5. The van der Waals surface area contributed by atoms with Crippen molar-refractivity contribution in [2.24, 2.45) is 5.92 Å². The molecule has 0 saturated carbocycles. The maximum Gasteiger partial charge on any atom is 0.314 e. The summed E-state index contributed by atoms with van der Waals surface area (Å²) >= 11 is 0. The Kier molecular flexibility index (Phi) is 7.16. The molecule has 1 unspecified atom stereocenters. The molecular weight excluding hydrogens is 260 g/mol. The summed E-state index contributed by atoms with van der Waals surface area (Å²) in [7, 11) is 0. The van der Waals surface area contributed by atoms with Gasteiger partial charge in [0.2, 0.25) is 0 Å². The predicted octanol–water partition coefficient (Wildman–Crippen LogP) is 1.07. The summed E-state index contributed by atoms with van der Waals surface area (Å²) in [6.45, 7) is 3.81. The van der Waals surface area contributed by atoms with Gasteiger partial charge in [-0.15, -0.1) is 0 Å². The van der Waals surface area contributed by atoms with Gasteiger partial charge in [0.05, 0.1) is 6.33 Å². The third kappa shape index (κ3) is 7.40. The minimum atomic E-state index is -0.805. The predicted molar refractivity (Wildman–Crippen MR) is 74.3 cm³/mol. The van der Waals surface area contributed by atoms with Crippen LogP contribution >= 0.6 is 0 Å². The Balaban J connectivity index is 2.01. The molecule has 112 valence electrons. The fourth-order valence-electron chi connectivity index (χ4n) is 1.68. The number of amides is 2. The van der Waals surface area contributed by atoms with E-state index in [1.54, 1.807) is 12.5 Å². The smallest absolute Gasteiger partial charge is 0.314 e. The van der Waals surface area contributed by atoms with E-state index in [0.29, 0.717) is 19.5 Å². The van der Waals surface area contributed by atoms with Crippen molar-refractivity contribution >= 4 is 12.0 Å². The summed E-state index contributed by atoms with van der Waals surface area (Å²) in [4.78, 5) is 25.8. The molecule has 1 atom stereocenters. The Bertz CT molecular complexity index is 406. The van der Waals surface area contributed by atoms with Crippen molar-refractivity contribution in [2.45, 2.75) is 32.7 Å². The normalized spacial score (nSPS) is 11.8. The molecule has 1 aromatic heterocycles. The lowest BCUT2D eigenvalue weighted by atomic mass is 10.1. The number of urea groups is 1. The number of carboxylic acids is 1. The highest BCUT2D eigenvalue weighted by molar-refractivity contribution is 5.73. The zero-order valence-electron chi connectivity index (χ0n) is 11.7.